The zero-order chi connectivity index (χ0) is 8.81. The van der Waals surface area contributed by atoms with Crippen LogP contribution in [-0.2, 0) is 9.26 Å². The van der Waals surface area contributed by atoms with Gasteiger partial charge in [-0.25, -0.2) is 0 Å². The van der Waals surface area contributed by atoms with E-state index in [0.717, 1.165) is 25.7 Å². The number of hydrogen-bond donors (Lipinski definition) is 1. The summed E-state index contributed by atoms with van der Waals surface area (Å²) in [5, 5.41) is 3.34. The highest BCUT2D eigenvalue weighted by atomic mass is 28.3. The van der Waals surface area contributed by atoms with Crippen LogP contribution in [0.25, 0.3) is 0 Å². The third-order valence-electron chi connectivity index (χ3n) is 2.14. The lowest BCUT2D eigenvalue weighted by molar-refractivity contribution is -0.0707. The lowest BCUT2D eigenvalue weighted by Crippen LogP contribution is -2.46. The molecule has 0 amide bonds. The van der Waals surface area contributed by atoms with E-state index in [0.29, 0.717) is 0 Å². The van der Waals surface area contributed by atoms with Crippen LogP contribution < -0.4 is 5.32 Å². The van der Waals surface area contributed by atoms with Crippen LogP contribution in [0.5, 0.6) is 0 Å². The first kappa shape index (κ1) is 10.1. The van der Waals surface area contributed by atoms with Gasteiger partial charge in [0.25, 0.3) is 9.20 Å². The molecule has 1 atom stereocenters. The van der Waals surface area contributed by atoms with Crippen LogP contribution in [0.4, 0.5) is 0 Å². The van der Waals surface area contributed by atoms with Crippen molar-refractivity contribution >= 4 is 9.20 Å². The van der Waals surface area contributed by atoms with Crippen molar-refractivity contribution in [3.8, 4) is 0 Å². The first-order valence-corrected chi connectivity index (χ1v) is 6.23. The number of nitrogens with zero attached hydrogens (tertiary/aromatic N) is 1. The van der Waals surface area contributed by atoms with E-state index in [4.69, 9.17) is 9.26 Å². The minimum absolute atomic E-state index is 0.946. The average molecular weight is 190 g/mol. The highest BCUT2D eigenvalue weighted by molar-refractivity contribution is 6.48. The topological polar surface area (TPSA) is 33.7 Å². The molecule has 1 N–H and O–H groups in total. The Kier molecular flexibility index (Phi) is 4.78. The summed E-state index contributed by atoms with van der Waals surface area (Å²) in [7, 11) is 2.29. The molecular formula is C7H18N2O2Si. The van der Waals surface area contributed by atoms with Crippen molar-refractivity contribution in [3.05, 3.63) is 0 Å². The Morgan fingerprint density at radius 2 is 2.17 bits per heavy atom. The first-order chi connectivity index (χ1) is 5.88. The molecule has 4 nitrogen and oxygen atoms in total. The van der Waals surface area contributed by atoms with E-state index in [1.54, 1.807) is 14.2 Å². The molecule has 1 fully saturated rings. The zero-order valence-electron chi connectivity index (χ0n) is 7.88. The van der Waals surface area contributed by atoms with Crippen molar-refractivity contribution in [1.82, 2.24) is 10.0 Å². The Balaban J connectivity index is 2.39. The maximum absolute atomic E-state index is 5.44. The maximum atomic E-state index is 5.44. The maximum Gasteiger partial charge on any atom is 0.279 e. The monoisotopic (exact) mass is 190 g/mol. The van der Waals surface area contributed by atoms with Gasteiger partial charge in [-0.15, -0.1) is 0 Å². The second kappa shape index (κ2) is 5.66. The third kappa shape index (κ3) is 2.84. The van der Waals surface area contributed by atoms with Gasteiger partial charge in [-0.2, -0.15) is 4.73 Å². The molecule has 12 heavy (non-hydrogen) atoms. The van der Waals surface area contributed by atoms with E-state index in [9.17, 15) is 0 Å². The lowest BCUT2D eigenvalue weighted by atomic mass is 10.4. The predicted molar refractivity (Wildman–Crippen MR) is 50.2 cm³/mol. The molecular weight excluding hydrogens is 172 g/mol. The molecule has 0 bridgehead atoms. The smallest absolute Gasteiger partial charge is 0.279 e. The van der Waals surface area contributed by atoms with Crippen LogP contribution in [0.1, 0.15) is 6.42 Å². The van der Waals surface area contributed by atoms with Crippen molar-refractivity contribution in [3.63, 3.8) is 0 Å². The third-order valence-corrected chi connectivity index (χ3v) is 4.70. The molecule has 5 heteroatoms. The molecule has 0 aromatic heterocycles. The van der Waals surface area contributed by atoms with Crippen molar-refractivity contribution in [2.75, 3.05) is 33.9 Å². The van der Waals surface area contributed by atoms with Crippen LogP contribution >= 0.6 is 0 Å². The molecule has 0 aromatic rings. The Bertz CT molecular complexity index is 112. The Hall–Kier alpha value is 0.0569. The summed E-state index contributed by atoms with van der Waals surface area (Å²) in [5.41, 5.74) is 0. The van der Waals surface area contributed by atoms with E-state index >= 15 is 0 Å². The van der Waals surface area contributed by atoms with E-state index < -0.39 is 9.20 Å². The molecule has 0 aliphatic carbocycles. The van der Waals surface area contributed by atoms with Gasteiger partial charge in [0.05, 0.1) is 7.11 Å². The van der Waals surface area contributed by atoms with Gasteiger partial charge in [-0.3, -0.25) is 0 Å². The van der Waals surface area contributed by atoms with Crippen molar-refractivity contribution in [2.45, 2.75) is 12.5 Å². The van der Waals surface area contributed by atoms with Gasteiger partial charge in [-0.1, -0.05) is 0 Å². The molecule has 1 rings (SSSR count). The zero-order valence-corrected chi connectivity index (χ0v) is 9.03. The molecule has 1 unspecified atom stereocenters. The van der Waals surface area contributed by atoms with Gasteiger partial charge in [0.1, 0.15) is 0 Å². The largest absolute Gasteiger partial charge is 0.407 e. The Morgan fingerprint density at radius 3 is 2.83 bits per heavy atom. The summed E-state index contributed by atoms with van der Waals surface area (Å²) in [6.07, 6.45) is 1.20. The summed E-state index contributed by atoms with van der Waals surface area (Å²) in [4.78, 5) is 5.26. The van der Waals surface area contributed by atoms with E-state index in [2.05, 4.69) is 5.32 Å². The molecule has 1 aliphatic heterocycles. The van der Waals surface area contributed by atoms with Gasteiger partial charge in [0, 0.05) is 20.2 Å². The molecule has 0 saturated carbocycles. The number of hydrogen-bond acceptors (Lipinski definition) is 4. The van der Waals surface area contributed by atoms with Crippen LogP contribution in [0, 0.1) is 0 Å². The van der Waals surface area contributed by atoms with Gasteiger partial charge >= 0.3 is 0 Å². The van der Waals surface area contributed by atoms with Crippen molar-refractivity contribution < 1.29 is 9.26 Å². The number of rotatable bonds is 2. The summed E-state index contributed by atoms with van der Waals surface area (Å²) < 4.78 is 7.46. The molecule has 0 spiro atoms. The predicted octanol–water partition coefficient (Wildman–Crippen LogP) is -0.290. The highest BCUT2D eigenvalue weighted by Crippen LogP contribution is 2.06. The molecule has 0 radical (unpaired) electrons. The average Bonchev–Trinajstić information content (AvgIpc) is 2.05. The highest BCUT2D eigenvalue weighted by Gasteiger charge is 2.21. The van der Waals surface area contributed by atoms with Crippen molar-refractivity contribution in [1.29, 1.82) is 0 Å². The van der Waals surface area contributed by atoms with Crippen LogP contribution in [0.2, 0.25) is 6.04 Å². The second-order valence-electron chi connectivity index (χ2n) is 2.91. The van der Waals surface area contributed by atoms with Crippen LogP contribution in [0.15, 0.2) is 0 Å². The lowest BCUT2D eigenvalue weighted by Gasteiger charge is -2.28. The quantitative estimate of drug-likeness (QED) is 0.607. The molecule has 0 aromatic carbocycles. The second-order valence-corrected chi connectivity index (χ2v) is 5.44. The Labute approximate surface area is 75.6 Å². The summed E-state index contributed by atoms with van der Waals surface area (Å²) >= 11 is 0. The van der Waals surface area contributed by atoms with Gasteiger partial charge in [-0.05, 0) is 19.0 Å². The minimum Gasteiger partial charge on any atom is -0.407 e. The van der Waals surface area contributed by atoms with E-state index in [1.807, 2.05) is 4.73 Å². The standard InChI is InChI=1S/C7H18N2O2Si/c1-10-9-6-5-8-4-3-7-12(9)11-2/h8,12H,3-7H2,1-2H3. The summed E-state index contributed by atoms with van der Waals surface area (Å²) in [6, 6.07) is 1.16. The van der Waals surface area contributed by atoms with Crippen LogP contribution in [-0.4, -0.2) is 47.8 Å². The van der Waals surface area contributed by atoms with E-state index in [1.165, 1.54) is 6.42 Å². The van der Waals surface area contributed by atoms with Gasteiger partial charge < -0.3 is 14.6 Å². The van der Waals surface area contributed by atoms with Gasteiger partial charge in [0.15, 0.2) is 0 Å². The molecule has 1 aliphatic rings. The van der Waals surface area contributed by atoms with Gasteiger partial charge in [0.2, 0.25) is 0 Å². The summed E-state index contributed by atoms with van der Waals surface area (Å²) in [6.45, 7) is 3.06. The molecule has 1 heterocycles. The fourth-order valence-corrected chi connectivity index (χ4v) is 3.41. The van der Waals surface area contributed by atoms with E-state index in [-0.39, 0.29) is 0 Å². The molecule has 1 saturated heterocycles. The fraction of sp³-hybridized carbons (Fsp3) is 1.00. The number of nitrogens with one attached hydrogen (secondary N) is 1. The fourth-order valence-electron chi connectivity index (χ4n) is 1.45. The summed E-state index contributed by atoms with van der Waals surface area (Å²) in [5.74, 6) is 0. The molecule has 72 valence electrons. The first-order valence-electron chi connectivity index (χ1n) is 4.42. The van der Waals surface area contributed by atoms with Crippen molar-refractivity contribution in [2.24, 2.45) is 0 Å². The van der Waals surface area contributed by atoms with Crippen LogP contribution in [0.3, 0.4) is 0 Å². The number of hydroxylamine groups is 1. The Morgan fingerprint density at radius 1 is 1.33 bits per heavy atom. The normalized spacial score (nSPS) is 28.0. The SMILES string of the molecule is CON1CCNCCC[SiH]1OC. The minimum atomic E-state index is -1.22.